The van der Waals surface area contributed by atoms with E-state index < -0.39 is 9.84 Å². The molecule has 0 saturated heterocycles. The van der Waals surface area contributed by atoms with E-state index >= 15 is 0 Å². The van der Waals surface area contributed by atoms with Gasteiger partial charge in [-0.05, 0) is 37.0 Å². The van der Waals surface area contributed by atoms with E-state index in [0.717, 1.165) is 23.9 Å². The topological polar surface area (TPSA) is 70.6 Å². The normalized spacial score (nSPS) is 13.5. The number of rotatable bonds is 10. The van der Waals surface area contributed by atoms with Gasteiger partial charge >= 0.3 is 0 Å². The third-order valence-corrected chi connectivity index (χ3v) is 6.19. The first-order chi connectivity index (χ1) is 11.9. The molecule has 1 aromatic carbocycles. The monoisotopic (exact) mass is 431 g/mol. The standard InChI is InChI=1S/C18H30BrN3O2S/c1-4-15(12-16-8-7-9-17(19)13-16)14-22-18(20-5-2)21-10-11-25(23,24)6-3/h7-9,13,15H,4-6,10-12,14H2,1-3H3,(H2,20,21,22). The van der Waals surface area contributed by atoms with Gasteiger partial charge in [0.2, 0.25) is 0 Å². The predicted molar refractivity (Wildman–Crippen MR) is 110 cm³/mol. The zero-order valence-corrected chi connectivity index (χ0v) is 17.8. The first-order valence-electron chi connectivity index (χ1n) is 8.87. The van der Waals surface area contributed by atoms with Crippen LogP contribution in [0.3, 0.4) is 0 Å². The van der Waals surface area contributed by atoms with Crippen molar-refractivity contribution in [3.8, 4) is 0 Å². The fourth-order valence-electron chi connectivity index (χ4n) is 2.37. The minimum Gasteiger partial charge on any atom is -0.357 e. The van der Waals surface area contributed by atoms with Gasteiger partial charge < -0.3 is 10.6 Å². The number of hydrogen-bond acceptors (Lipinski definition) is 3. The van der Waals surface area contributed by atoms with Gasteiger partial charge in [0.1, 0.15) is 0 Å². The Balaban J connectivity index is 2.60. The molecule has 0 fully saturated rings. The van der Waals surface area contributed by atoms with Crippen LogP contribution >= 0.6 is 15.9 Å². The largest absolute Gasteiger partial charge is 0.357 e. The van der Waals surface area contributed by atoms with E-state index in [1.807, 2.05) is 13.0 Å². The molecule has 1 unspecified atom stereocenters. The molecule has 142 valence electrons. The van der Waals surface area contributed by atoms with Gasteiger partial charge in [-0.25, -0.2) is 8.42 Å². The highest BCUT2D eigenvalue weighted by atomic mass is 79.9. The second-order valence-corrected chi connectivity index (χ2v) is 9.38. The van der Waals surface area contributed by atoms with Crippen molar-refractivity contribution in [2.45, 2.75) is 33.6 Å². The fraction of sp³-hybridized carbons (Fsp3) is 0.611. The summed E-state index contributed by atoms with van der Waals surface area (Å²) in [5.41, 5.74) is 1.29. The van der Waals surface area contributed by atoms with Crippen molar-refractivity contribution in [3.05, 3.63) is 34.3 Å². The maximum absolute atomic E-state index is 11.6. The summed E-state index contributed by atoms with van der Waals surface area (Å²) in [6, 6.07) is 8.36. The van der Waals surface area contributed by atoms with Crippen molar-refractivity contribution < 1.29 is 8.42 Å². The molecule has 1 atom stereocenters. The molecule has 0 aliphatic rings. The summed E-state index contributed by atoms with van der Waals surface area (Å²) in [5.74, 6) is 1.43. The first kappa shape index (κ1) is 22.0. The van der Waals surface area contributed by atoms with Crippen LogP contribution in [0.2, 0.25) is 0 Å². The van der Waals surface area contributed by atoms with E-state index in [1.54, 1.807) is 6.92 Å². The number of nitrogens with zero attached hydrogens (tertiary/aromatic N) is 1. The number of aliphatic imine (C=N–C) groups is 1. The summed E-state index contributed by atoms with van der Waals surface area (Å²) in [6.07, 6.45) is 2.02. The number of sulfone groups is 1. The molecule has 0 radical (unpaired) electrons. The van der Waals surface area contributed by atoms with Crippen LogP contribution in [-0.4, -0.2) is 45.5 Å². The summed E-state index contributed by atoms with van der Waals surface area (Å²) >= 11 is 3.51. The van der Waals surface area contributed by atoms with E-state index in [1.165, 1.54) is 5.56 Å². The number of nitrogens with one attached hydrogen (secondary N) is 2. The van der Waals surface area contributed by atoms with Crippen molar-refractivity contribution in [3.63, 3.8) is 0 Å². The molecule has 0 heterocycles. The smallest absolute Gasteiger partial charge is 0.191 e. The lowest BCUT2D eigenvalue weighted by atomic mass is 9.97. The van der Waals surface area contributed by atoms with Gasteiger partial charge in [0.15, 0.2) is 15.8 Å². The second kappa shape index (κ2) is 11.5. The third-order valence-electron chi connectivity index (χ3n) is 3.99. The molecular formula is C18H30BrN3O2S. The average Bonchev–Trinajstić information content (AvgIpc) is 2.58. The Morgan fingerprint density at radius 3 is 2.60 bits per heavy atom. The summed E-state index contributed by atoms with van der Waals surface area (Å²) in [5, 5.41) is 6.29. The molecule has 0 aliphatic carbocycles. The molecule has 2 N–H and O–H groups in total. The maximum atomic E-state index is 11.6. The Kier molecular flexibility index (Phi) is 10.1. The second-order valence-electron chi connectivity index (χ2n) is 5.99. The van der Waals surface area contributed by atoms with Crippen LogP contribution < -0.4 is 10.6 Å². The van der Waals surface area contributed by atoms with Gasteiger partial charge in [-0.15, -0.1) is 0 Å². The van der Waals surface area contributed by atoms with Gasteiger partial charge in [-0.2, -0.15) is 0 Å². The number of benzene rings is 1. The Labute approximate surface area is 160 Å². The van der Waals surface area contributed by atoms with E-state index in [-0.39, 0.29) is 11.5 Å². The van der Waals surface area contributed by atoms with Crippen LogP contribution in [0.5, 0.6) is 0 Å². The molecule has 0 spiro atoms. The SMILES string of the molecule is CCNC(=NCC(CC)Cc1cccc(Br)c1)NCCS(=O)(=O)CC. The number of hydrogen-bond donors (Lipinski definition) is 2. The van der Waals surface area contributed by atoms with Crippen molar-refractivity contribution in [1.29, 1.82) is 0 Å². The highest BCUT2D eigenvalue weighted by Gasteiger charge is 2.10. The van der Waals surface area contributed by atoms with Crippen LogP contribution in [0, 0.1) is 5.92 Å². The molecule has 0 aromatic heterocycles. The molecule has 1 aromatic rings. The van der Waals surface area contributed by atoms with Crippen molar-refractivity contribution in [2.75, 3.05) is 31.1 Å². The van der Waals surface area contributed by atoms with Crippen LogP contribution in [0.1, 0.15) is 32.8 Å². The lowest BCUT2D eigenvalue weighted by Gasteiger charge is -2.15. The number of guanidine groups is 1. The van der Waals surface area contributed by atoms with E-state index in [4.69, 9.17) is 0 Å². The maximum Gasteiger partial charge on any atom is 0.191 e. The molecule has 1 rings (SSSR count). The quantitative estimate of drug-likeness (QED) is 0.441. The fourth-order valence-corrected chi connectivity index (χ4v) is 3.52. The molecule has 0 aliphatic heterocycles. The van der Waals surface area contributed by atoms with Crippen LogP contribution in [0.25, 0.3) is 0 Å². The Morgan fingerprint density at radius 1 is 1.24 bits per heavy atom. The van der Waals surface area contributed by atoms with Crippen LogP contribution in [0.4, 0.5) is 0 Å². The predicted octanol–water partition coefficient (Wildman–Crippen LogP) is 3.01. The lowest BCUT2D eigenvalue weighted by Crippen LogP contribution is -2.40. The van der Waals surface area contributed by atoms with Crippen molar-refractivity contribution >= 4 is 31.7 Å². The Morgan fingerprint density at radius 2 is 2.00 bits per heavy atom. The molecule has 25 heavy (non-hydrogen) atoms. The zero-order chi connectivity index (χ0) is 18.7. The van der Waals surface area contributed by atoms with Gasteiger partial charge in [0, 0.05) is 29.9 Å². The van der Waals surface area contributed by atoms with E-state index in [9.17, 15) is 8.42 Å². The zero-order valence-electron chi connectivity index (χ0n) is 15.4. The molecule has 7 heteroatoms. The van der Waals surface area contributed by atoms with Gasteiger partial charge in [-0.3, -0.25) is 4.99 Å². The minimum absolute atomic E-state index is 0.128. The number of halogens is 1. The highest BCUT2D eigenvalue weighted by Crippen LogP contribution is 2.17. The molecule has 0 bridgehead atoms. The average molecular weight is 432 g/mol. The Hall–Kier alpha value is -1.08. The van der Waals surface area contributed by atoms with E-state index in [0.29, 0.717) is 25.0 Å². The van der Waals surface area contributed by atoms with Crippen molar-refractivity contribution in [2.24, 2.45) is 10.9 Å². The first-order valence-corrected chi connectivity index (χ1v) is 11.5. The van der Waals surface area contributed by atoms with Gasteiger partial charge in [-0.1, -0.05) is 48.3 Å². The summed E-state index contributed by atoms with van der Waals surface area (Å²) < 4.78 is 24.2. The molecular weight excluding hydrogens is 402 g/mol. The third kappa shape index (κ3) is 9.26. The van der Waals surface area contributed by atoms with E-state index in [2.05, 4.69) is 56.7 Å². The Bertz CT molecular complexity index is 647. The molecule has 0 amide bonds. The summed E-state index contributed by atoms with van der Waals surface area (Å²) in [4.78, 5) is 4.64. The van der Waals surface area contributed by atoms with Gasteiger partial charge in [0.25, 0.3) is 0 Å². The summed E-state index contributed by atoms with van der Waals surface area (Å²) in [6.45, 7) is 7.67. The highest BCUT2D eigenvalue weighted by molar-refractivity contribution is 9.10. The van der Waals surface area contributed by atoms with Crippen molar-refractivity contribution in [1.82, 2.24) is 10.6 Å². The van der Waals surface area contributed by atoms with Gasteiger partial charge in [0.05, 0.1) is 5.75 Å². The molecule has 0 saturated carbocycles. The van der Waals surface area contributed by atoms with Crippen LogP contribution in [-0.2, 0) is 16.3 Å². The molecule has 5 nitrogen and oxygen atoms in total. The lowest BCUT2D eigenvalue weighted by molar-refractivity contribution is 0.517. The summed E-state index contributed by atoms with van der Waals surface area (Å²) in [7, 11) is -2.96. The van der Waals surface area contributed by atoms with Crippen LogP contribution in [0.15, 0.2) is 33.7 Å². The minimum atomic E-state index is -2.96.